The summed E-state index contributed by atoms with van der Waals surface area (Å²) in [5.41, 5.74) is 0.318. The number of anilines is 2. The number of aromatic nitrogens is 2. The van der Waals surface area contributed by atoms with Crippen LogP contribution in [-0.4, -0.2) is 53.0 Å². The highest BCUT2D eigenvalue weighted by Crippen LogP contribution is 2.48. The number of halogens is 9. The Balaban J connectivity index is 1.62. The minimum absolute atomic E-state index is 0.0283. The molecule has 2 aromatic carbocycles. The quantitative estimate of drug-likeness (QED) is 0.245. The van der Waals surface area contributed by atoms with Gasteiger partial charge in [0.25, 0.3) is 18.3 Å². The number of hydrogen-bond acceptors (Lipinski definition) is 5. The lowest BCUT2D eigenvalue weighted by molar-refractivity contribution is -0.125. The molecule has 0 radical (unpaired) electrons. The van der Waals surface area contributed by atoms with E-state index in [2.05, 4.69) is 15.6 Å². The Labute approximate surface area is 237 Å². The predicted octanol–water partition coefficient (Wildman–Crippen LogP) is 5.83. The number of fused-ring (bicyclic) bond motifs is 1. The molecule has 0 bridgehead atoms. The molecule has 2 amide bonds. The molecule has 3 aromatic rings. The van der Waals surface area contributed by atoms with Gasteiger partial charge in [-0.2, -0.15) is 13.2 Å². The molecular weight excluding hydrogens is 610 g/mol. The van der Waals surface area contributed by atoms with Crippen molar-refractivity contribution in [3.63, 3.8) is 0 Å². The molecule has 17 heteroatoms. The SMILES string of the molecule is Cn1c(Nc2c(Cl)ccc(CNC(=O)C3CC3(F)F)c2Cl)nc2cc(C(=O)NCC(F)(F)F)c(OCC(F)F)cc21. The second kappa shape index (κ2) is 11.4. The number of aryl methyl sites for hydroxylation is 1. The number of amides is 2. The van der Waals surface area contributed by atoms with Gasteiger partial charge in [-0.15, -0.1) is 0 Å². The lowest BCUT2D eigenvalue weighted by Crippen LogP contribution is -2.34. The Hall–Kier alpha value is -3.46. The van der Waals surface area contributed by atoms with Gasteiger partial charge in [0, 0.05) is 26.1 Å². The van der Waals surface area contributed by atoms with Crippen LogP contribution in [0, 0.1) is 5.92 Å². The highest BCUT2D eigenvalue weighted by atomic mass is 35.5. The molecule has 41 heavy (non-hydrogen) atoms. The Morgan fingerprint density at radius 2 is 1.88 bits per heavy atom. The van der Waals surface area contributed by atoms with Crippen molar-refractivity contribution in [3.05, 3.63) is 45.4 Å². The Bertz CT molecular complexity index is 1500. The maximum Gasteiger partial charge on any atom is 0.405 e. The van der Waals surface area contributed by atoms with Crippen LogP contribution in [0.15, 0.2) is 24.3 Å². The maximum absolute atomic E-state index is 13.2. The van der Waals surface area contributed by atoms with Crippen molar-refractivity contribution in [2.24, 2.45) is 13.0 Å². The summed E-state index contributed by atoms with van der Waals surface area (Å²) in [4.78, 5) is 28.7. The van der Waals surface area contributed by atoms with E-state index in [-0.39, 0.29) is 39.3 Å². The van der Waals surface area contributed by atoms with Gasteiger partial charge in [-0.25, -0.2) is 22.5 Å². The number of nitrogens with one attached hydrogen (secondary N) is 3. The normalized spacial score (nSPS) is 16.1. The number of carbonyl (C=O) groups excluding carboxylic acids is 2. The van der Waals surface area contributed by atoms with Gasteiger partial charge in [0.15, 0.2) is 0 Å². The first-order chi connectivity index (χ1) is 19.1. The van der Waals surface area contributed by atoms with E-state index in [1.54, 1.807) is 5.32 Å². The van der Waals surface area contributed by atoms with Crippen molar-refractivity contribution in [1.82, 2.24) is 20.2 Å². The van der Waals surface area contributed by atoms with Crippen LogP contribution in [-0.2, 0) is 18.4 Å². The number of nitrogens with zero attached hydrogens (tertiary/aromatic N) is 2. The van der Waals surface area contributed by atoms with Crippen molar-refractivity contribution in [3.8, 4) is 5.75 Å². The lowest BCUT2D eigenvalue weighted by atomic mass is 10.1. The highest BCUT2D eigenvalue weighted by Gasteiger charge is 2.61. The molecule has 1 fully saturated rings. The number of benzene rings is 2. The number of carbonyl (C=O) groups is 2. The van der Waals surface area contributed by atoms with Crippen LogP contribution in [0.5, 0.6) is 5.75 Å². The fourth-order valence-electron chi connectivity index (χ4n) is 3.82. The first-order valence-corrected chi connectivity index (χ1v) is 12.5. The summed E-state index contributed by atoms with van der Waals surface area (Å²) in [5, 5.41) is 7.08. The number of hydrogen-bond donors (Lipinski definition) is 3. The topological polar surface area (TPSA) is 97.3 Å². The Morgan fingerprint density at radius 3 is 2.49 bits per heavy atom. The van der Waals surface area contributed by atoms with Crippen molar-refractivity contribution in [2.75, 3.05) is 18.5 Å². The third-order valence-electron chi connectivity index (χ3n) is 6.04. The van der Waals surface area contributed by atoms with Crippen LogP contribution < -0.4 is 20.7 Å². The first-order valence-electron chi connectivity index (χ1n) is 11.7. The zero-order chi connectivity index (χ0) is 30.3. The molecule has 0 spiro atoms. The van der Waals surface area contributed by atoms with E-state index in [0.29, 0.717) is 5.56 Å². The molecule has 0 saturated heterocycles. The van der Waals surface area contributed by atoms with E-state index in [1.807, 2.05) is 0 Å². The lowest BCUT2D eigenvalue weighted by Gasteiger charge is -2.14. The molecule has 222 valence electrons. The van der Waals surface area contributed by atoms with Gasteiger partial charge < -0.3 is 25.3 Å². The van der Waals surface area contributed by atoms with Gasteiger partial charge in [0.05, 0.1) is 32.3 Å². The van der Waals surface area contributed by atoms with Crippen molar-refractivity contribution in [1.29, 1.82) is 0 Å². The molecule has 4 rings (SSSR count). The largest absolute Gasteiger partial charge is 0.487 e. The van der Waals surface area contributed by atoms with Crippen LogP contribution in [0.1, 0.15) is 22.3 Å². The summed E-state index contributed by atoms with van der Waals surface area (Å²) in [7, 11) is 1.50. The van der Waals surface area contributed by atoms with Crippen molar-refractivity contribution < 1.29 is 45.1 Å². The van der Waals surface area contributed by atoms with Crippen LogP contribution in [0.3, 0.4) is 0 Å². The summed E-state index contributed by atoms with van der Waals surface area (Å²) in [5.74, 6) is -6.83. The summed E-state index contributed by atoms with van der Waals surface area (Å²) >= 11 is 12.8. The molecule has 1 aliphatic rings. The standard InChI is InChI=1S/C24H20Cl2F7N5O3/c1-38-15-5-16(41-8-17(27)28)11(20(39)35-9-24(31,32)33)4-14(15)36-22(38)37-19-13(25)3-2-10(18(19)26)7-34-21(40)12-6-23(12,29)30/h2-5,12,17H,6-9H2,1H3,(H,34,40)(H,35,39)(H,36,37). The van der Waals surface area contributed by atoms with Crippen molar-refractivity contribution >= 4 is 57.7 Å². The van der Waals surface area contributed by atoms with E-state index in [1.165, 1.54) is 29.8 Å². The maximum atomic E-state index is 13.2. The zero-order valence-electron chi connectivity index (χ0n) is 20.8. The van der Waals surface area contributed by atoms with Crippen LogP contribution in [0.2, 0.25) is 10.0 Å². The van der Waals surface area contributed by atoms with Gasteiger partial charge in [-0.3, -0.25) is 9.59 Å². The summed E-state index contributed by atoms with van der Waals surface area (Å²) in [6.07, 6.45) is -8.18. The fourth-order valence-corrected chi connectivity index (χ4v) is 4.35. The van der Waals surface area contributed by atoms with Gasteiger partial charge in [-0.1, -0.05) is 29.3 Å². The van der Waals surface area contributed by atoms with Gasteiger partial charge >= 0.3 is 6.18 Å². The zero-order valence-corrected chi connectivity index (χ0v) is 22.3. The highest BCUT2D eigenvalue weighted by molar-refractivity contribution is 6.39. The van der Waals surface area contributed by atoms with E-state index in [9.17, 15) is 40.3 Å². The molecule has 8 nitrogen and oxygen atoms in total. The molecule has 1 heterocycles. The average molecular weight is 630 g/mol. The molecule has 0 aliphatic heterocycles. The Kier molecular flexibility index (Phi) is 8.50. The minimum atomic E-state index is -4.72. The van der Waals surface area contributed by atoms with E-state index in [4.69, 9.17) is 27.9 Å². The summed E-state index contributed by atoms with van der Waals surface area (Å²) in [6.45, 7) is -2.97. The average Bonchev–Trinajstić information content (AvgIpc) is 3.43. The monoisotopic (exact) mass is 629 g/mol. The fraction of sp³-hybridized carbons (Fsp3) is 0.375. The molecule has 3 N–H and O–H groups in total. The summed E-state index contributed by atoms with van der Waals surface area (Å²) < 4.78 is 96.2. The molecule has 1 aromatic heterocycles. The molecule has 1 saturated carbocycles. The predicted molar refractivity (Wildman–Crippen MR) is 135 cm³/mol. The second-order valence-corrected chi connectivity index (χ2v) is 9.87. The second-order valence-electron chi connectivity index (χ2n) is 9.09. The third kappa shape index (κ3) is 7.07. The molecular formula is C24H20Cl2F7N5O3. The molecule has 1 atom stereocenters. The van der Waals surface area contributed by atoms with Crippen LogP contribution in [0.25, 0.3) is 11.0 Å². The van der Waals surface area contributed by atoms with E-state index < -0.39 is 67.1 Å². The number of ether oxygens (including phenoxy) is 1. The number of imidazole rings is 1. The molecule has 1 aliphatic carbocycles. The number of alkyl halides is 7. The van der Waals surface area contributed by atoms with Crippen LogP contribution in [0.4, 0.5) is 42.4 Å². The van der Waals surface area contributed by atoms with Gasteiger partial charge in [-0.05, 0) is 17.7 Å². The first kappa shape index (κ1) is 30.5. The third-order valence-corrected chi connectivity index (χ3v) is 6.79. The van der Waals surface area contributed by atoms with E-state index in [0.717, 1.165) is 6.07 Å². The number of rotatable bonds is 10. The van der Waals surface area contributed by atoms with Gasteiger partial charge in [0.1, 0.15) is 24.8 Å². The van der Waals surface area contributed by atoms with Crippen LogP contribution >= 0.6 is 23.2 Å². The van der Waals surface area contributed by atoms with E-state index >= 15 is 0 Å². The smallest absolute Gasteiger partial charge is 0.405 e. The summed E-state index contributed by atoms with van der Waals surface area (Å²) in [6, 6.07) is 5.16. The molecule has 1 unspecified atom stereocenters. The van der Waals surface area contributed by atoms with Crippen molar-refractivity contribution in [2.45, 2.75) is 31.5 Å². The Morgan fingerprint density at radius 1 is 1.20 bits per heavy atom. The minimum Gasteiger partial charge on any atom is -0.487 e. The van der Waals surface area contributed by atoms with Gasteiger partial charge in [0.2, 0.25) is 11.9 Å².